The standard InChI is InChI=1S/C13H18N6/c1-18-12-10(6-15-18)11(14)16-13(17-12)19-5-4-9(7-19)8-2-3-8/h6,8-9H,2-5,7H2,1H3,(H2,14,16,17). The minimum atomic E-state index is 0.531. The highest BCUT2D eigenvalue weighted by Gasteiger charge is 2.36. The van der Waals surface area contributed by atoms with Crippen molar-refractivity contribution in [1.82, 2.24) is 19.7 Å². The van der Waals surface area contributed by atoms with Crippen molar-refractivity contribution in [2.75, 3.05) is 23.7 Å². The second-order valence-electron chi connectivity index (χ2n) is 5.75. The van der Waals surface area contributed by atoms with Gasteiger partial charge in [-0.25, -0.2) is 0 Å². The van der Waals surface area contributed by atoms with Crippen molar-refractivity contribution in [1.29, 1.82) is 0 Å². The molecule has 0 radical (unpaired) electrons. The largest absolute Gasteiger partial charge is 0.383 e. The fourth-order valence-corrected chi connectivity index (χ4v) is 3.09. The molecule has 4 rings (SSSR count). The van der Waals surface area contributed by atoms with Gasteiger partial charge in [0.25, 0.3) is 0 Å². The number of anilines is 2. The molecule has 3 heterocycles. The molecule has 0 bridgehead atoms. The summed E-state index contributed by atoms with van der Waals surface area (Å²) in [5, 5.41) is 5.03. The van der Waals surface area contributed by atoms with E-state index in [0.717, 1.165) is 41.9 Å². The zero-order valence-corrected chi connectivity index (χ0v) is 11.1. The highest BCUT2D eigenvalue weighted by atomic mass is 15.3. The number of aromatic nitrogens is 4. The summed E-state index contributed by atoms with van der Waals surface area (Å²) in [6, 6.07) is 0. The summed E-state index contributed by atoms with van der Waals surface area (Å²) in [4.78, 5) is 11.3. The van der Waals surface area contributed by atoms with Crippen LogP contribution in [0.4, 0.5) is 11.8 Å². The van der Waals surface area contributed by atoms with Gasteiger partial charge in [0.1, 0.15) is 5.82 Å². The van der Waals surface area contributed by atoms with Crippen LogP contribution >= 0.6 is 0 Å². The lowest BCUT2D eigenvalue weighted by molar-refractivity contribution is 0.514. The SMILES string of the molecule is Cn1ncc2c(N)nc(N3CCC(C4CC4)C3)nc21. The van der Waals surface area contributed by atoms with E-state index < -0.39 is 0 Å². The van der Waals surface area contributed by atoms with E-state index in [1.54, 1.807) is 10.9 Å². The molecule has 1 atom stereocenters. The maximum absolute atomic E-state index is 6.01. The van der Waals surface area contributed by atoms with E-state index in [1.807, 2.05) is 7.05 Å². The Hall–Kier alpha value is -1.85. The summed E-state index contributed by atoms with van der Waals surface area (Å²) in [7, 11) is 1.88. The van der Waals surface area contributed by atoms with Crippen molar-refractivity contribution >= 4 is 22.8 Å². The molecule has 19 heavy (non-hydrogen) atoms. The molecule has 1 aliphatic heterocycles. The monoisotopic (exact) mass is 258 g/mol. The van der Waals surface area contributed by atoms with E-state index >= 15 is 0 Å². The molecule has 2 aromatic rings. The van der Waals surface area contributed by atoms with Crippen LogP contribution < -0.4 is 10.6 Å². The first-order chi connectivity index (χ1) is 9.22. The molecule has 0 spiro atoms. The third-order valence-corrected chi connectivity index (χ3v) is 4.41. The molecule has 2 N–H and O–H groups in total. The Morgan fingerprint density at radius 3 is 2.84 bits per heavy atom. The van der Waals surface area contributed by atoms with Gasteiger partial charge in [-0.2, -0.15) is 15.1 Å². The van der Waals surface area contributed by atoms with E-state index in [2.05, 4.69) is 20.0 Å². The lowest BCUT2D eigenvalue weighted by Gasteiger charge is -2.16. The highest BCUT2D eigenvalue weighted by Crippen LogP contribution is 2.41. The normalized spacial score (nSPS) is 23.4. The van der Waals surface area contributed by atoms with Crippen LogP contribution in [-0.4, -0.2) is 32.8 Å². The molecule has 1 aliphatic carbocycles. The number of nitrogen functional groups attached to an aromatic ring is 1. The van der Waals surface area contributed by atoms with Gasteiger partial charge in [0, 0.05) is 20.1 Å². The number of fused-ring (bicyclic) bond motifs is 1. The average Bonchev–Trinajstić information content (AvgIpc) is 3.01. The van der Waals surface area contributed by atoms with Crippen LogP contribution in [0.1, 0.15) is 19.3 Å². The zero-order chi connectivity index (χ0) is 13.0. The van der Waals surface area contributed by atoms with Crippen LogP contribution in [0.15, 0.2) is 6.20 Å². The van der Waals surface area contributed by atoms with Gasteiger partial charge in [-0.15, -0.1) is 0 Å². The van der Waals surface area contributed by atoms with Gasteiger partial charge in [0.05, 0.1) is 11.6 Å². The first-order valence-corrected chi connectivity index (χ1v) is 6.92. The van der Waals surface area contributed by atoms with Gasteiger partial charge in [0.2, 0.25) is 5.95 Å². The predicted octanol–water partition coefficient (Wildman–Crippen LogP) is 1.18. The molecule has 2 fully saturated rings. The number of nitrogens with zero attached hydrogens (tertiary/aromatic N) is 5. The quantitative estimate of drug-likeness (QED) is 0.875. The molecule has 2 aliphatic rings. The number of aryl methyl sites for hydroxylation is 1. The highest BCUT2D eigenvalue weighted by molar-refractivity contribution is 5.86. The van der Waals surface area contributed by atoms with Crippen molar-refractivity contribution in [3.8, 4) is 0 Å². The van der Waals surface area contributed by atoms with Gasteiger partial charge >= 0.3 is 0 Å². The van der Waals surface area contributed by atoms with Crippen LogP contribution in [0.25, 0.3) is 11.0 Å². The van der Waals surface area contributed by atoms with E-state index in [1.165, 1.54) is 19.3 Å². The van der Waals surface area contributed by atoms with Crippen molar-refractivity contribution in [2.24, 2.45) is 18.9 Å². The molecule has 0 amide bonds. The Balaban J connectivity index is 1.69. The van der Waals surface area contributed by atoms with E-state index in [9.17, 15) is 0 Å². The Morgan fingerprint density at radius 1 is 1.21 bits per heavy atom. The molecule has 6 heteroatoms. The van der Waals surface area contributed by atoms with Crippen molar-refractivity contribution in [2.45, 2.75) is 19.3 Å². The van der Waals surface area contributed by atoms with Gasteiger partial charge in [0.15, 0.2) is 5.65 Å². The van der Waals surface area contributed by atoms with Crippen molar-refractivity contribution < 1.29 is 0 Å². The van der Waals surface area contributed by atoms with E-state index in [-0.39, 0.29) is 0 Å². The molecule has 1 unspecified atom stereocenters. The summed E-state index contributed by atoms with van der Waals surface area (Å²) < 4.78 is 1.76. The van der Waals surface area contributed by atoms with Crippen molar-refractivity contribution in [3.05, 3.63) is 6.20 Å². The number of hydrogen-bond acceptors (Lipinski definition) is 5. The topological polar surface area (TPSA) is 72.9 Å². The first kappa shape index (κ1) is 11.0. The van der Waals surface area contributed by atoms with Crippen molar-refractivity contribution in [3.63, 3.8) is 0 Å². The van der Waals surface area contributed by atoms with Crippen LogP contribution in [0.5, 0.6) is 0 Å². The third-order valence-electron chi connectivity index (χ3n) is 4.41. The molecule has 2 aromatic heterocycles. The maximum Gasteiger partial charge on any atom is 0.229 e. The second kappa shape index (κ2) is 3.82. The minimum absolute atomic E-state index is 0.531. The average molecular weight is 258 g/mol. The fraction of sp³-hybridized carbons (Fsp3) is 0.615. The Labute approximate surface area is 111 Å². The van der Waals surface area contributed by atoms with Gasteiger partial charge in [-0.05, 0) is 31.1 Å². The molecule has 6 nitrogen and oxygen atoms in total. The smallest absolute Gasteiger partial charge is 0.229 e. The Morgan fingerprint density at radius 2 is 2.05 bits per heavy atom. The summed E-state index contributed by atoms with van der Waals surface area (Å²) >= 11 is 0. The molecule has 0 aromatic carbocycles. The zero-order valence-electron chi connectivity index (χ0n) is 11.1. The van der Waals surface area contributed by atoms with Crippen LogP contribution in [0.2, 0.25) is 0 Å². The van der Waals surface area contributed by atoms with Gasteiger partial charge in [-0.1, -0.05) is 0 Å². The minimum Gasteiger partial charge on any atom is -0.383 e. The maximum atomic E-state index is 6.01. The van der Waals surface area contributed by atoms with Gasteiger partial charge in [-0.3, -0.25) is 4.68 Å². The molecular formula is C13H18N6. The van der Waals surface area contributed by atoms with Crippen LogP contribution in [0.3, 0.4) is 0 Å². The first-order valence-electron chi connectivity index (χ1n) is 6.92. The molecular weight excluding hydrogens is 240 g/mol. The molecule has 100 valence electrons. The molecule has 1 saturated heterocycles. The van der Waals surface area contributed by atoms with E-state index in [4.69, 9.17) is 5.73 Å². The Kier molecular flexibility index (Phi) is 2.22. The third kappa shape index (κ3) is 1.74. The summed E-state index contributed by atoms with van der Waals surface area (Å²) in [5.74, 6) is 3.06. The van der Waals surface area contributed by atoms with Crippen LogP contribution in [0, 0.1) is 11.8 Å². The summed E-state index contributed by atoms with van der Waals surface area (Å²) in [5.41, 5.74) is 6.83. The van der Waals surface area contributed by atoms with Gasteiger partial charge < -0.3 is 10.6 Å². The van der Waals surface area contributed by atoms with E-state index in [0.29, 0.717) is 5.82 Å². The lowest BCUT2D eigenvalue weighted by atomic mass is 10.0. The molecule has 1 saturated carbocycles. The summed E-state index contributed by atoms with van der Waals surface area (Å²) in [6.07, 6.45) is 5.80. The Bertz CT molecular complexity index is 629. The second-order valence-corrected chi connectivity index (χ2v) is 5.75. The number of nitrogens with two attached hydrogens (primary N) is 1. The lowest BCUT2D eigenvalue weighted by Crippen LogP contribution is -2.23. The van der Waals surface area contributed by atoms with Crippen LogP contribution in [-0.2, 0) is 7.05 Å². The summed E-state index contributed by atoms with van der Waals surface area (Å²) in [6.45, 7) is 2.12. The fourth-order valence-electron chi connectivity index (χ4n) is 3.09. The number of hydrogen-bond donors (Lipinski definition) is 1. The number of rotatable bonds is 2. The predicted molar refractivity (Wildman–Crippen MR) is 73.8 cm³/mol.